The topological polar surface area (TPSA) is 108 Å². The number of phosphoric acid groups is 1. The highest BCUT2D eigenvalue weighted by Crippen LogP contribution is 2.38. The number of allylic oxidation sites excluding steroid dienone is 4. The van der Waals surface area contributed by atoms with E-state index < -0.39 is 20.0 Å². The Balaban J connectivity index is 4.23. The summed E-state index contributed by atoms with van der Waals surface area (Å²) in [4.78, 5) is 25.5. The lowest BCUT2D eigenvalue weighted by molar-refractivity contribution is -0.870. The van der Waals surface area contributed by atoms with Crippen molar-refractivity contribution in [3.8, 4) is 0 Å². The van der Waals surface area contributed by atoms with Crippen LogP contribution in [-0.4, -0.2) is 68.5 Å². The van der Waals surface area contributed by atoms with E-state index in [2.05, 4.69) is 43.5 Å². The molecule has 1 amide bonds. The zero-order chi connectivity index (χ0) is 45.7. The van der Waals surface area contributed by atoms with Crippen molar-refractivity contribution < 1.29 is 32.9 Å². The molecule has 0 aromatic heterocycles. The van der Waals surface area contributed by atoms with Gasteiger partial charge in [0.2, 0.25) is 5.91 Å². The van der Waals surface area contributed by atoms with E-state index in [0.717, 1.165) is 44.9 Å². The molecule has 3 unspecified atom stereocenters. The first-order valence-electron chi connectivity index (χ1n) is 26.7. The molecule has 3 atom stereocenters. The predicted octanol–water partition coefficient (Wildman–Crippen LogP) is 15.0. The highest BCUT2D eigenvalue weighted by Gasteiger charge is 2.24. The lowest BCUT2D eigenvalue weighted by Gasteiger charge is -2.30. The predicted molar refractivity (Wildman–Crippen MR) is 265 cm³/mol. The number of aliphatic hydroxyl groups excluding tert-OH is 1. The van der Waals surface area contributed by atoms with Crippen LogP contribution in [0.1, 0.15) is 258 Å². The zero-order valence-corrected chi connectivity index (χ0v) is 42.7. The van der Waals surface area contributed by atoms with Crippen LogP contribution in [0.25, 0.3) is 0 Å². The monoisotopic (exact) mass is 897 g/mol. The summed E-state index contributed by atoms with van der Waals surface area (Å²) in [5.74, 6) is -0.166. The van der Waals surface area contributed by atoms with E-state index in [-0.39, 0.29) is 19.1 Å². The summed E-state index contributed by atoms with van der Waals surface area (Å²) in [6, 6.07) is -0.801. The lowest BCUT2D eigenvalue weighted by Crippen LogP contribution is -2.46. The lowest BCUT2D eigenvalue weighted by atomic mass is 10.0. The average molecular weight is 897 g/mol. The fraction of sp³-hybridized carbons (Fsp3) is 0.906. The Morgan fingerprint density at radius 1 is 0.565 bits per heavy atom. The summed E-state index contributed by atoms with van der Waals surface area (Å²) < 4.78 is 23.4. The maximum atomic E-state index is 12.9. The van der Waals surface area contributed by atoms with Crippen LogP contribution in [0.4, 0.5) is 0 Å². The molecule has 368 valence electrons. The smallest absolute Gasteiger partial charge is 0.268 e. The van der Waals surface area contributed by atoms with Crippen LogP contribution in [0.5, 0.6) is 0 Å². The highest BCUT2D eigenvalue weighted by atomic mass is 31.2. The number of aliphatic hydroxyl groups is 1. The van der Waals surface area contributed by atoms with Crippen LogP contribution < -0.4 is 10.2 Å². The van der Waals surface area contributed by atoms with Gasteiger partial charge in [0.15, 0.2) is 0 Å². The Kier molecular flexibility index (Phi) is 44.4. The van der Waals surface area contributed by atoms with Gasteiger partial charge in [-0.2, -0.15) is 0 Å². The summed E-state index contributed by atoms with van der Waals surface area (Å²) in [5.41, 5.74) is 0. The SMILES string of the molecule is CCCCCCC/C=C\C/C=C\CCCCCCCCCCCC(=O)NC(COP(=O)([O-])OCC[N+](C)(C)C)C(O)CCCCCCCCCCCCCCCCCCCCC. The molecule has 0 heterocycles. The first-order valence-corrected chi connectivity index (χ1v) is 28.1. The highest BCUT2D eigenvalue weighted by molar-refractivity contribution is 7.45. The number of hydrogen-bond acceptors (Lipinski definition) is 6. The molecule has 0 aliphatic rings. The van der Waals surface area contributed by atoms with Crippen molar-refractivity contribution in [2.75, 3.05) is 40.9 Å². The molecule has 0 bridgehead atoms. The molecule has 0 aromatic rings. The second-order valence-corrected chi connectivity index (χ2v) is 21.0. The fourth-order valence-corrected chi connectivity index (χ4v) is 8.68. The second-order valence-electron chi connectivity index (χ2n) is 19.6. The van der Waals surface area contributed by atoms with E-state index in [9.17, 15) is 19.4 Å². The normalized spacial score (nSPS) is 14.2. The molecule has 8 nitrogen and oxygen atoms in total. The van der Waals surface area contributed by atoms with Gasteiger partial charge in [0.05, 0.1) is 39.9 Å². The number of hydrogen-bond donors (Lipinski definition) is 2. The number of nitrogens with zero attached hydrogens (tertiary/aromatic N) is 1. The van der Waals surface area contributed by atoms with E-state index in [1.807, 2.05) is 21.1 Å². The minimum Gasteiger partial charge on any atom is -0.756 e. The van der Waals surface area contributed by atoms with Crippen molar-refractivity contribution in [2.45, 2.75) is 270 Å². The summed E-state index contributed by atoms with van der Waals surface area (Å²) in [6.45, 7) is 4.74. The number of likely N-dealkylation sites (N-methyl/N-ethyl adjacent to an activating group) is 1. The number of rotatable bonds is 49. The van der Waals surface area contributed by atoms with Gasteiger partial charge in [-0.25, -0.2) is 0 Å². The molecule has 0 aliphatic carbocycles. The Morgan fingerprint density at radius 2 is 0.935 bits per heavy atom. The van der Waals surface area contributed by atoms with E-state index in [0.29, 0.717) is 23.9 Å². The molecule has 0 saturated heterocycles. The summed E-state index contributed by atoms with van der Waals surface area (Å²) in [7, 11) is 1.31. The number of phosphoric ester groups is 1. The largest absolute Gasteiger partial charge is 0.756 e. The van der Waals surface area contributed by atoms with Crippen molar-refractivity contribution in [1.82, 2.24) is 5.32 Å². The maximum absolute atomic E-state index is 12.9. The van der Waals surface area contributed by atoms with Crippen LogP contribution in [-0.2, 0) is 18.4 Å². The standard InChI is InChI=1S/C53H105N2O6P/c1-6-8-10-12-14-16-18-20-22-24-26-27-29-31-33-35-37-39-41-43-45-47-53(57)54-51(50-61-62(58,59)60-49-48-55(3,4)5)52(56)46-44-42-40-38-36-34-32-30-28-25-23-21-19-17-15-13-11-9-7-2/h18,20,24,26,51-52,56H,6-17,19,21-23,25,27-50H2,1-5H3,(H-,54,57,58,59)/b20-18-,26-24-. The van der Waals surface area contributed by atoms with E-state index in [1.165, 1.54) is 186 Å². The number of carbonyl (C=O) groups excluding carboxylic acids is 1. The molecule has 2 N–H and O–H groups in total. The number of carbonyl (C=O) groups is 1. The molecule has 0 rings (SSSR count). The quantitative estimate of drug-likeness (QED) is 0.0273. The average Bonchev–Trinajstić information content (AvgIpc) is 3.23. The Hall–Kier alpha value is -1.02. The van der Waals surface area contributed by atoms with E-state index >= 15 is 0 Å². The molecule has 9 heteroatoms. The Bertz CT molecular complexity index is 1060. The van der Waals surface area contributed by atoms with Crippen LogP contribution >= 0.6 is 7.82 Å². The minimum absolute atomic E-state index is 0.0124. The minimum atomic E-state index is -4.57. The summed E-state index contributed by atoms with van der Waals surface area (Å²) in [6.07, 6.45) is 54.7. The molecule has 0 fully saturated rings. The molecule has 0 radical (unpaired) electrons. The van der Waals surface area contributed by atoms with Crippen molar-refractivity contribution >= 4 is 13.7 Å². The third-order valence-corrected chi connectivity index (χ3v) is 13.2. The molecule has 62 heavy (non-hydrogen) atoms. The molecule has 0 spiro atoms. The number of nitrogens with one attached hydrogen (secondary N) is 1. The van der Waals surface area contributed by atoms with Gasteiger partial charge in [-0.3, -0.25) is 9.36 Å². The van der Waals surface area contributed by atoms with Gasteiger partial charge in [0.25, 0.3) is 7.82 Å². The first kappa shape index (κ1) is 61.0. The molecule has 0 aliphatic heterocycles. The van der Waals surface area contributed by atoms with E-state index in [4.69, 9.17) is 9.05 Å². The van der Waals surface area contributed by atoms with E-state index in [1.54, 1.807) is 0 Å². The number of amides is 1. The van der Waals surface area contributed by atoms with Crippen molar-refractivity contribution in [2.24, 2.45) is 0 Å². The summed E-state index contributed by atoms with van der Waals surface area (Å²) in [5, 5.41) is 14.0. The zero-order valence-electron chi connectivity index (χ0n) is 41.8. The van der Waals surface area contributed by atoms with Gasteiger partial charge in [-0.05, 0) is 44.9 Å². The third-order valence-electron chi connectivity index (χ3n) is 12.2. The second kappa shape index (κ2) is 45.1. The van der Waals surface area contributed by atoms with Gasteiger partial charge in [-0.1, -0.05) is 231 Å². The molecule has 0 saturated carbocycles. The Labute approximate surface area is 385 Å². The van der Waals surface area contributed by atoms with Gasteiger partial charge in [0.1, 0.15) is 13.2 Å². The number of unbranched alkanes of at least 4 members (excludes halogenated alkanes) is 32. The van der Waals surface area contributed by atoms with Crippen LogP contribution in [0, 0.1) is 0 Å². The third kappa shape index (κ3) is 47.0. The van der Waals surface area contributed by atoms with Crippen LogP contribution in [0.15, 0.2) is 24.3 Å². The fourth-order valence-electron chi connectivity index (χ4n) is 7.95. The van der Waals surface area contributed by atoms with Gasteiger partial charge in [-0.15, -0.1) is 0 Å². The first-order chi connectivity index (χ1) is 30.0. The maximum Gasteiger partial charge on any atom is 0.268 e. The summed E-state index contributed by atoms with van der Waals surface area (Å²) >= 11 is 0. The van der Waals surface area contributed by atoms with Crippen molar-refractivity contribution in [3.05, 3.63) is 24.3 Å². The molecular formula is C53H105N2O6P. The van der Waals surface area contributed by atoms with Gasteiger partial charge in [0, 0.05) is 6.42 Å². The van der Waals surface area contributed by atoms with Gasteiger partial charge < -0.3 is 28.8 Å². The van der Waals surface area contributed by atoms with Crippen molar-refractivity contribution in [3.63, 3.8) is 0 Å². The molecule has 0 aromatic carbocycles. The van der Waals surface area contributed by atoms with Crippen LogP contribution in [0.3, 0.4) is 0 Å². The Morgan fingerprint density at radius 3 is 1.34 bits per heavy atom. The van der Waals surface area contributed by atoms with Crippen molar-refractivity contribution in [1.29, 1.82) is 0 Å². The molecular weight excluding hydrogens is 792 g/mol. The van der Waals surface area contributed by atoms with Gasteiger partial charge >= 0.3 is 0 Å². The van der Waals surface area contributed by atoms with Crippen LogP contribution in [0.2, 0.25) is 0 Å². The number of quaternary nitrogens is 1.